The van der Waals surface area contributed by atoms with Gasteiger partial charge in [-0.1, -0.05) is 6.07 Å². The maximum absolute atomic E-state index is 11.9. The van der Waals surface area contributed by atoms with E-state index in [1.807, 2.05) is 35.7 Å². The van der Waals surface area contributed by atoms with Crippen molar-refractivity contribution in [2.45, 2.75) is 10.6 Å². The number of rotatable bonds is 4. The highest BCUT2D eigenvalue weighted by molar-refractivity contribution is 7.98. The van der Waals surface area contributed by atoms with Crippen molar-refractivity contribution in [1.29, 1.82) is 0 Å². The van der Waals surface area contributed by atoms with Gasteiger partial charge in [-0.3, -0.25) is 4.79 Å². The van der Waals surface area contributed by atoms with E-state index in [9.17, 15) is 4.79 Å². The first-order valence-electron chi connectivity index (χ1n) is 5.99. The molecular weight excluding hydrogens is 292 g/mol. The molecule has 0 aliphatic heterocycles. The fraction of sp³-hybridized carbons (Fsp3) is 0.143. The summed E-state index contributed by atoms with van der Waals surface area (Å²) in [6.07, 6.45) is 0. The van der Waals surface area contributed by atoms with Crippen LogP contribution in [0.25, 0.3) is 10.2 Å². The topological polar surface area (TPSA) is 55.0 Å². The molecule has 0 saturated heterocycles. The summed E-state index contributed by atoms with van der Waals surface area (Å²) in [6, 6.07) is 9.69. The van der Waals surface area contributed by atoms with Gasteiger partial charge in [0.15, 0.2) is 0 Å². The average molecular weight is 304 g/mol. The number of hydrogen-bond acceptors (Lipinski definition) is 5. The van der Waals surface area contributed by atoms with Crippen LogP contribution in [0.3, 0.4) is 0 Å². The Labute approximate surface area is 123 Å². The molecule has 1 aromatic carbocycles. The van der Waals surface area contributed by atoms with E-state index < -0.39 is 0 Å². The number of methoxy groups -OCH3 is 1. The van der Waals surface area contributed by atoms with Crippen molar-refractivity contribution in [1.82, 2.24) is 9.97 Å². The summed E-state index contributed by atoms with van der Waals surface area (Å²) in [5.41, 5.74) is 0.700. The molecule has 4 nitrogen and oxygen atoms in total. The molecule has 0 spiro atoms. The number of thiophene rings is 1. The van der Waals surface area contributed by atoms with Gasteiger partial charge in [-0.05, 0) is 29.6 Å². The Morgan fingerprint density at radius 1 is 1.40 bits per heavy atom. The molecule has 102 valence electrons. The van der Waals surface area contributed by atoms with Crippen LogP contribution in [0.5, 0.6) is 5.75 Å². The molecule has 0 atom stereocenters. The minimum Gasteiger partial charge on any atom is -0.497 e. The molecule has 0 aliphatic carbocycles. The standard InChI is InChI=1S/C14H12N2O2S2/c1-18-9-3-2-4-10(7-9)20-8-12-15-11-5-6-19-13(11)14(17)16-12/h2-7H,8H2,1H3,(H,15,16,17). The van der Waals surface area contributed by atoms with Crippen LogP contribution in [0.2, 0.25) is 0 Å². The number of nitrogens with one attached hydrogen (secondary N) is 1. The predicted molar refractivity (Wildman–Crippen MR) is 82.8 cm³/mol. The van der Waals surface area contributed by atoms with Gasteiger partial charge in [-0.2, -0.15) is 0 Å². The molecule has 6 heteroatoms. The maximum atomic E-state index is 11.9. The number of hydrogen-bond donors (Lipinski definition) is 1. The lowest BCUT2D eigenvalue weighted by atomic mass is 10.3. The van der Waals surface area contributed by atoms with Gasteiger partial charge < -0.3 is 9.72 Å². The van der Waals surface area contributed by atoms with Crippen LogP contribution in [-0.2, 0) is 5.75 Å². The van der Waals surface area contributed by atoms with Crippen molar-refractivity contribution < 1.29 is 4.74 Å². The van der Waals surface area contributed by atoms with Gasteiger partial charge in [0.2, 0.25) is 0 Å². The number of benzene rings is 1. The highest BCUT2D eigenvalue weighted by atomic mass is 32.2. The van der Waals surface area contributed by atoms with Crippen LogP contribution in [0.4, 0.5) is 0 Å². The van der Waals surface area contributed by atoms with E-state index in [-0.39, 0.29) is 5.56 Å². The molecule has 2 heterocycles. The first-order chi connectivity index (χ1) is 9.76. The normalized spacial score (nSPS) is 10.8. The van der Waals surface area contributed by atoms with Crippen molar-refractivity contribution in [3.05, 3.63) is 51.9 Å². The van der Waals surface area contributed by atoms with Crippen molar-refractivity contribution in [3.8, 4) is 5.75 Å². The first-order valence-corrected chi connectivity index (χ1v) is 7.86. The lowest BCUT2D eigenvalue weighted by Crippen LogP contribution is -2.09. The molecule has 0 amide bonds. The van der Waals surface area contributed by atoms with Gasteiger partial charge in [-0.25, -0.2) is 4.98 Å². The zero-order chi connectivity index (χ0) is 13.9. The van der Waals surface area contributed by atoms with Gasteiger partial charge in [-0.15, -0.1) is 23.1 Å². The second kappa shape index (κ2) is 5.68. The van der Waals surface area contributed by atoms with Gasteiger partial charge in [0, 0.05) is 4.90 Å². The molecule has 0 aliphatic rings. The number of thioether (sulfide) groups is 1. The maximum Gasteiger partial charge on any atom is 0.268 e. The monoisotopic (exact) mass is 304 g/mol. The van der Waals surface area contributed by atoms with Crippen molar-refractivity contribution in [3.63, 3.8) is 0 Å². The molecule has 2 aromatic heterocycles. The number of fused-ring (bicyclic) bond motifs is 1. The molecule has 3 aromatic rings. The Balaban J connectivity index is 1.80. The third kappa shape index (κ3) is 2.71. The summed E-state index contributed by atoms with van der Waals surface area (Å²) in [4.78, 5) is 20.2. The number of H-pyrrole nitrogens is 1. The molecular formula is C14H12N2O2S2. The summed E-state index contributed by atoms with van der Waals surface area (Å²) in [6.45, 7) is 0. The van der Waals surface area contributed by atoms with E-state index in [1.54, 1.807) is 18.9 Å². The molecule has 0 unspecified atom stereocenters. The fourth-order valence-electron chi connectivity index (χ4n) is 1.83. The van der Waals surface area contributed by atoms with Crippen LogP contribution in [0, 0.1) is 0 Å². The summed E-state index contributed by atoms with van der Waals surface area (Å²) in [7, 11) is 1.65. The molecule has 1 N–H and O–H groups in total. The van der Waals surface area contributed by atoms with Crippen LogP contribution >= 0.6 is 23.1 Å². The minimum atomic E-state index is -0.0637. The van der Waals surface area contributed by atoms with Gasteiger partial charge >= 0.3 is 0 Å². The molecule has 20 heavy (non-hydrogen) atoms. The fourth-order valence-corrected chi connectivity index (χ4v) is 3.37. The lowest BCUT2D eigenvalue weighted by Gasteiger charge is -2.04. The minimum absolute atomic E-state index is 0.0637. The average Bonchev–Trinajstić information content (AvgIpc) is 2.94. The van der Waals surface area contributed by atoms with Crippen LogP contribution < -0.4 is 10.3 Å². The third-order valence-electron chi connectivity index (χ3n) is 2.78. The Morgan fingerprint density at radius 2 is 2.30 bits per heavy atom. The Hall–Kier alpha value is -1.79. The third-order valence-corrected chi connectivity index (χ3v) is 4.69. The van der Waals surface area contributed by atoms with E-state index in [0.29, 0.717) is 16.3 Å². The van der Waals surface area contributed by atoms with Gasteiger partial charge in [0.25, 0.3) is 5.56 Å². The smallest absolute Gasteiger partial charge is 0.268 e. The van der Waals surface area contributed by atoms with E-state index in [1.165, 1.54) is 11.3 Å². The zero-order valence-electron chi connectivity index (χ0n) is 10.8. The number of nitrogens with zero attached hydrogens (tertiary/aromatic N) is 1. The van der Waals surface area contributed by atoms with E-state index >= 15 is 0 Å². The van der Waals surface area contributed by atoms with E-state index in [0.717, 1.165) is 16.2 Å². The SMILES string of the molecule is COc1cccc(SCc2nc3ccsc3c(=O)[nH]2)c1. The largest absolute Gasteiger partial charge is 0.497 e. The van der Waals surface area contributed by atoms with Gasteiger partial charge in [0.1, 0.15) is 16.3 Å². The Morgan fingerprint density at radius 3 is 3.15 bits per heavy atom. The molecule has 0 saturated carbocycles. The van der Waals surface area contributed by atoms with Crippen molar-refractivity contribution in [2.75, 3.05) is 7.11 Å². The van der Waals surface area contributed by atoms with Crippen LogP contribution in [0.15, 0.2) is 45.4 Å². The van der Waals surface area contributed by atoms with Gasteiger partial charge in [0.05, 0.1) is 18.4 Å². The van der Waals surface area contributed by atoms with E-state index in [4.69, 9.17) is 4.74 Å². The summed E-state index contributed by atoms with van der Waals surface area (Å²) >= 11 is 3.03. The molecule has 0 bridgehead atoms. The summed E-state index contributed by atoms with van der Waals surface area (Å²) in [5.74, 6) is 2.13. The van der Waals surface area contributed by atoms with Crippen LogP contribution in [-0.4, -0.2) is 17.1 Å². The zero-order valence-corrected chi connectivity index (χ0v) is 12.4. The Kier molecular flexibility index (Phi) is 3.75. The summed E-state index contributed by atoms with van der Waals surface area (Å²) < 4.78 is 5.87. The second-order valence-electron chi connectivity index (χ2n) is 4.12. The van der Waals surface area contributed by atoms with Crippen molar-refractivity contribution in [2.24, 2.45) is 0 Å². The lowest BCUT2D eigenvalue weighted by molar-refractivity contribution is 0.413. The molecule has 0 radical (unpaired) electrons. The second-order valence-corrected chi connectivity index (χ2v) is 6.08. The number of aromatic nitrogens is 2. The highest BCUT2D eigenvalue weighted by Gasteiger charge is 2.05. The van der Waals surface area contributed by atoms with Crippen molar-refractivity contribution >= 4 is 33.3 Å². The molecule has 3 rings (SSSR count). The number of aromatic amines is 1. The highest BCUT2D eigenvalue weighted by Crippen LogP contribution is 2.25. The number of ether oxygens (including phenoxy) is 1. The van der Waals surface area contributed by atoms with Crippen LogP contribution in [0.1, 0.15) is 5.82 Å². The van der Waals surface area contributed by atoms with E-state index in [2.05, 4.69) is 9.97 Å². The quantitative estimate of drug-likeness (QED) is 0.752. The molecule has 0 fully saturated rings. The summed E-state index contributed by atoms with van der Waals surface area (Å²) in [5, 5.41) is 1.88. The Bertz CT molecular complexity index is 795. The predicted octanol–water partition coefficient (Wildman–Crippen LogP) is 3.29. The first kappa shape index (κ1) is 13.2.